The third-order valence-corrected chi connectivity index (χ3v) is 12.0. The van der Waals surface area contributed by atoms with Crippen molar-refractivity contribution < 1.29 is 61.6 Å². The molecule has 0 aliphatic heterocycles. The molecule has 0 radical (unpaired) electrons. The van der Waals surface area contributed by atoms with E-state index >= 15 is 0 Å². The van der Waals surface area contributed by atoms with Crippen molar-refractivity contribution in [2.75, 3.05) is 13.2 Å². The molecule has 0 fully saturated rings. The van der Waals surface area contributed by atoms with Crippen LogP contribution in [0.25, 0.3) is 0 Å². The predicted octanol–water partition coefficient (Wildman–Crippen LogP) is 11.2. The van der Waals surface area contributed by atoms with Gasteiger partial charge in [0.15, 0.2) is 5.25 Å². The van der Waals surface area contributed by atoms with Crippen LogP contribution in [0.1, 0.15) is 264 Å². The molecule has 0 N–H and O–H groups in total. The van der Waals surface area contributed by atoms with Crippen LogP contribution in [0.4, 0.5) is 0 Å². The van der Waals surface area contributed by atoms with Gasteiger partial charge in [-0.2, -0.15) is 0 Å². The first-order valence-electron chi connectivity index (χ1n) is 23.6. The molecular formula is C46H89NaO7S. The van der Waals surface area contributed by atoms with Gasteiger partial charge in [0.2, 0.25) is 0 Å². The normalized spacial score (nSPS) is 12.1. The monoisotopic (exact) mass is 809 g/mol. The maximum absolute atomic E-state index is 12.4. The molecular weight excluding hydrogens is 720 g/mol. The molecule has 0 aromatic carbocycles. The predicted molar refractivity (Wildman–Crippen MR) is 227 cm³/mol. The fourth-order valence-electron chi connectivity index (χ4n) is 7.33. The van der Waals surface area contributed by atoms with Gasteiger partial charge in [-0.1, -0.05) is 245 Å². The van der Waals surface area contributed by atoms with Crippen LogP contribution in [0, 0.1) is 0 Å². The quantitative estimate of drug-likeness (QED) is 0.0261. The topological polar surface area (TPSA) is 110 Å². The van der Waals surface area contributed by atoms with Gasteiger partial charge < -0.3 is 14.0 Å². The van der Waals surface area contributed by atoms with E-state index in [9.17, 15) is 22.6 Å². The first-order valence-corrected chi connectivity index (χ1v) is 25.1. The van der Waals surface area contributed by atoms with E-state index in [4.69, 9.17) is 9.47 Å². The molecule has 322 valence electrons. The van der Waals surface area contributed by atoms with Gasteiger partial charge >= 0.3 is 41.5 Å². The zero-order valence-electron chi connectivity index (χ0n) is 36.8. The SMILES string of the molecule is CCCCCCCCCCCCCCCCCCCCCOC(=O)CC(C(=O)OCCCCCCCCCCCCCCCCCCCCC)S(=O)(=O)[O-].[Na+]. The minimum Gasteiger partial charge on any atom is -0.747 e. The smallest absolute Gasteiger partial charge is 0.747 e. The number of hydrogen-bond donors (Lipinski definition) is 0. The van der Waals surface area contributed by atoms with Crippen LogP contribution >= 0.6 is 0 Å². The van der Waals surface area contributed by atoms with Crippen molar-refractivity contribution in [3.8, 4) is 0 Å². The van der Waals surface area contributed by atoms with Crippen LogP contribution < -0.4 is 29.6 Å². The van der Waals surface area contributed by atoms with Gasteiger partial charge in [0.1, 0.15) is 10.1 Å². The van der Waals surface area contributed by atoms with E-state index in [1.165, 1.54) is 193 Å². The first kappa shape index (κ1) is 56.9. The summed E-state index contributed by atoms with van der Waals surface area (Å²) in [6, 6.07) is 0. The van der Waals surface area contributed by atoms with Gasteiger partial charge in [-0.25, -0.2) is 8.42 Å². The number of esters is 2. The van der Waals surface area contributed by atoms with Crippen LogP contribution in [-0.2, 0) is 29.2 Å². The van der Waals surface area contributed by atoms with Crippen LogP contribution in [0.5, 0.6) is 0 Å². The maximum Gasteiger partial charge on any atom is 1.00 e. The summed E-state index contributed by atoms with van der Waals surface area (Å²) < 4.78 is 45.4. The summed E-state index contributed by atoms with van der Waals surface area (Å²) in [5.74, 6) is -1.99. The third kappa shape index (κ3) is 43.3. The Morgan fingerprint density at radius 3 is 0.855 bits per heavy atom. The minimum atomic E-state index is -5.02. The molecule has 0 spiro atoms. The van der Waals surface area contributed by atoms with Gasteiger partial charge in [0, 0.05) is 0 Å². The second-order valence-electron chi connectivity index (χ2n) is 16.3. The molecule has 0 saturated heterocycles. The van der Waals surface area contributed by atoms with E-state index in [2.05, 4.69) is 13.8 Å². The number of rotatable bonds is 44. The van der Waals surface area contributed by atoms with Gasteiger partial charge in [-0.05, 0) is 12.8 Å². The van der Waals surface area contributed by atoms with Gasteiger partial charge in [0.25, 0.3) is 0 Å². The Hall–Kier alpha value is -0.150. The van der Waals surface area contributed by atoms with Crippen molar-refractivity contribution in [2.45, 2.75) is 270 Å². The van der Waals surface area contributed by atoms with E-state index in [-0.39, 0.29) is 42.8 Å². The van der Waals surface area contributed by atoms with Crippen molar-refractivity contribution in [2.24, 2.45) is 0 Å². The number of ether oxygens (including phenoxy) is 2. The molecule has 0 aliphatic carbocycles. The molecule has 0 amide bonds. The minimum absolute atomic E-state index is 0. The Morgan fingerprint density at radius 1 is 0.400 bits per heavy atom. The molecule has 0 rings (SSSR count). The Morgan fingerprint density at radius 2 is 0.618 bits per heavy atom. The molecule has 1 unspecified atom stereocenters. The fraction of sp³-hybridized carbons (Fsp3) is 0.957. The summed E-state index contributed by atoms with van der Waals surface area (Å²) in [5.41, 5.74) is 0. The first-order chi connectivity index (χ1) is 26.3. The Labute approximate surface area is 364 Å². The summed E-state index contributed by atoms with van der Waals surface area (Å²) >= 11 is 0. The van der Waals surface area contributed by atoms with Crippen LogP contribution in [0.2, 0.25) is 0 Å². The zero-order valence-corrected chi connectivity index (χ0v) is 39.7. The molecule has 0 bridgehead atoms. The molecule has 9 heteroatoms. The van der Waals surface area contributed by atoms with E-state index in [1.807, 2.05) is 0 Å². The maximum atomic E-state index is 12.4. The molecule has 0 aromatic heterocycles. The Bertz CT molecular complexity index is 914. The van der Waals surface area contributed by atoms with Crippen molar-refractivity contribution in [1.82, 2.24) is 0 Å². The number of carbonyl (C=O) groups excluding carboxylic acids is 2. The second kappa shape index (κ2) is 44.9. The number of unbranched alkanes of at least 4 members (excludes halogenated alkanes) is 36. The molecule has 7 nitrogen and oxygen atoms in total. The Balaban J connectivity index is 0. The summed E-state index contributed by atoms with van der Waals surface area (Å²) in [5, 5.41) is -2.05. The molecule has 55 heavy (non-hydrogen) atoms. The van der Waals surface area contributed by atoms with E-state index in [0.717, 1.165) is 38.5 Å². The van der Waals surface area contributed by atoms with E-state index < -0.39 is 33.7 Å². The van der Waals surface area contributed by atoms with E-state index in [1.54, 1.807) is 0 Å². The summed E-state index contributed by atoms with van der Waals surface area (Å²) in [7, 11) is -5.02. The van der Waals surface area contributed by atoms with Crippen molar-refractivity contribution in [3.63, 3.8) is 0 Å². The second-order valence-corrected chi connectivity index (χ2v) is 17.9. The third-order valence-electron chi connectivity index (χ3n) is 11.0. The summed E-state index contributed by atoms with van der Waals surface area (Å²) in [6.07, 6.45) is 47.4. The van der Waals surface area contributed by atoms with Crippen molar-refractivity contribution in [3.05, 3.63) is 0 Å². The summed E-state index contributed by atoms with van der Waals surface area (Å²) in [4.78, 5) is 24.6. The van der Waals surface area contributed by atoms with Gasteiger partial charge in [-0.15, -0.1) is 0 Å². The molecule has 0 heterocycles. The largest absolute Gasteiger partial charge is 1.00 e. The summed E-state index contributed by atoms with van der Waals surface area (Å²) in [6.45, 7) is 4.76. The van der Waals surface area contributed by atoms with Crippen molar-refractivity contribution in [1.29, 1.82) is 0 Å². The Kier molecular flexibility index (Phi) is 46.5. The molecule has 0 aromatic rings. The fourth-order valence-corrected chi connectivity index (χ4v) is 7.97. The van der Waals surface area contributed by atoms with Crippen LogP contribution in [0.3, 0.4) is 0 Å². The zero-order chi connectivity index (χ0) is 39.6. The van der Waals surface area contributed by atoms with Crippen LogP contribution in [-0.4, -0.2) is 43.4 Å². The molecule has 0 saturated carbocycles. The van der Waals surface area contributed by atoms with Crippen molar-refractivity contribution >= 4 is 22.1 Å². The number of hydrogen-bond acceptors (Lipinski definition) is 7. The number of carbonyl (C=O) groups is 2. The van der Waals surface area contributed by atoms with Gasteiger partial charge in [0.05, 0.1) is 19.6 Å². The van der Waals surface area contributed by atoms with Crippen LogP contribution in [0.15, 0.2) is 0 Å². The molecule has 0 aliphatic rings. The average molecular weight is 809 g/mol. The van der Waals surface area contributed by atoms with Gasteiger partial charge in [-0.3, -0.25) is 9.59 Å². The standard InChI is InChI=1S/C46H90O7S.Na/c1-3-5-7-9-11-13-15-17-19-21-23-25-27-29-31-33-35-37-39-41-52-45(47)43-44(54(49,50)51)46(48)53-42-40-38-36-34-32-30-28-26-24-22-20-18-16-14-12-10-8-6-4-2;/h44H,3-43H2,1-2H3,(H,49,50,51);/q;+1/p-1. The average Bonchev–Trinajstić information content (AvgIpc) is 3.14. The molecule has 1 atom stereocenters. The van der Waals surface area contributed by atoms with E-state index in [0.29, 0.717) is 12.8 Å².